The Kier molecular flexibility index (Phi) is 7.05. The van der Waals surface area contributed by atoms with Crippen molar-refractivity contribution in [2.75, 3.05) is 6.54 Å². The van der Waals surface area contributed by atoms with Crippen LogP contribution in [-0.4, -0.2) is 23.0 Å². The largest absolute Gasteiger partial charge is 0.508 e. The number of benzene rings is 1. The molecular formula is C14H10BrClF2NOY-. The van der Waals surface area contributed by atoms with Gasteiger partial charge in [-0.15, -0.1) is 22.0 Å². The minimum absolute atomic E-state index is 0. The molecule has 0 bridgehead atoms. The van der Waals surface area contributed by atoms with E-state index in [9.17, 15) is 13.9 Å². The number of rotatable bonds is 3. The van der Waals surface area contributed by atoms with Gasteiger partial charge in [0.1, 0.15) is 5.75 Å². The standard InChI is InChI=1S/C14H10BrClF2NO.Y/c1-8-11(15)4-5-13(19(8)7-14(17)18)10-3-2-9(20)6-12(10)16;/h2-4,6,14,20H,1,7H2;/q-1;. The fourth-order valence-electron chi connectivity index (χ4n) is 1.82. The first kappa shape index (κ1) is 18.8. The zero-order valence-electron chi connectivity index (χ0n) is 10.8. The number of nitrogens with zero attached hydrogens (tertiary/aromatic N) is 1. The van der Waals surface area contributed by atoms with Crippen LogP contribution < -0.4 is 0 Å². The van der Waals surface area contributed by atoms with E-state index in [4.69, 9.17) is 11.6 Å². The van der Waals surface area contributed by atoms with Crippen LogP contribution >= 0.6 is 27.5 Å². The number of aromatic hydroxyl groups is 1. The Labute approximate surface area is 160 Å². The number of halogens is 4. The normalized spacial score (nSPS) is 14.7. The molecule has 2 rings (SSSR count). The summed E-state index contributed by atoms with van der Waals surface area (Å²) in [7, 11) is 0. The first-order chi connectivity index (χ1) is 9.40. The van der Waals surface area contributed by atoms with Crippen LogP contribution in [0.2, 0.25) is 5.02 Å². The maximum atomic E-state index is 12.7. The monoisotopic (exact) mass is 449 g/mol. The van der Waals surface area contributed by atoms with Gasteiger partial charge in [-0.05, 0) is 22.9 Å². The Morgan fingerprint density at radius 2 is 2.10 bits per heavy atom. The van der Waals surface area contributed by atoms with Crippen molar-refractivity contribution in [2.45, 2.75) is 6.43 Å². The predicted molar refractivity (Wildman–Crippen MR) is 78.6 cm³/mol. The molecule has 1 radical (unpaired) electrons. The number of allylic oxidation sites excluding steroid dienone is 3. The van der Waals surface area contributed by atoms with Crippen molar-refractivity contribution in [3.8, 4) is 5.75 Å². The number of phenols is 1. The van der Waals surface area contributed by atoms with Gasteiger partial charge in [0, 0.05) is 32.7 Å². The topological polar surface area (TPSA) is 23.5 Å². The van der Waals surface area contributed by atoms with E-state index in [1.165, 1.54) is 17.0 Å². The van der Waals surface area contributed by atoms with Crippen molar-refractivity contribution in [3.05, 3.63) is 57.7 Å². The van der Waals surface area contributed by atoms with Gasteiger partial charge in [-0.25, -0.2) is 8.78 Å². The van der Waals surface area contributed by atoms with Crippen LogP contribution in [0.3, 0.4) is 0 Å². The molecule has 109 valence electrons. The smallest absolute Gasteiger partial charge is 0.256 e. The molecule has 0 amide bonds. The van der Waals surface area contributed by atoms with Crippen molar-refractivity contribution in [2.24, 2.45) is 0 Å². The van der Waals surface area contributed by atoms with Crippen LogP contribution in [0.25, 0.3) is 5.70 Å². The van der Waals surface area contributed by atoms with Gasteiger partial charge < -0.3 is 10.0 Å². The molecule has 0 saturated carbocycles. The van der Waals surface area contributed by atoms with Gasteiger partial charge in [-0.3, -0.25) is 0 Å². The molecule has 1 aromatic carbocycles. The summed E-state index contributed by atoms with van der Waals surface area (Å²) in [5, 5.41) is 9.61. The van der Waals surface area contributed by atoms with Crippen LogP contribution in [-0.2, 0) is 32.7 Å². The second-order valence-electron chi connectivity index (χ2n) is 4.10. The maximum Gasteiger partial charge on any atom is 0.256 e. The van der Waals surface area contributed by atoms with Crippen molar-refractivity contribution >= 4 is 33.2 Å². The molecule has 0 aliphatic carbocycles. The molecule has 7 heteroatoms. The minimum atomic E-state index is -2.53. The Morgan fingerprint density at radius 3 is 2.67 bits per heavy atom. The maximum absolute atomic E-state index is 12.7. The van der Waals surface area contributed by atoms with Gasteiger partial charge in [-0.2, -0.15) is 12.2 Å². The molecule has 1 heterocycles. The summed E-state index contributed by atoms with van der Waals surface area (Å²) >= 11 is 9.29. The van der Waals surface area contributed by atoms with Crippen molar-refractivity contribution < 1.29 is 46.6 Å². The molecule has 1 N–H and O–H groups in total. The average Bonchev–Trinajstić information content (AvgIpc) is 2.36. The van der Waals surface area contributed by atoms with Crippen LogP contribution in [0.1, 0.15) is 5.56 Å². The molecule has 0 atom stereocenters. The summed E-state index contributed by atoms with van der Waals surface area (Å²) in [5.74, 6) is 0.00566. The van der Waals surface area contributed by atoms with E-state index in [1.807, 2.05) is 0 Å². The Morgan fingerprint density at radius 1 is 1.43 bits per heavy atom. The van der Waals surface area contributed by atoms with E-state index in [0.717, 1.165) is 0 Å². The predicted octanol–water partition coefficient (Wildman–Crippen LogP) is 4.56. The van der Waals surface area contributed by atoms with Crippen LogP contribution in [0.15, 0.2) is 41.0 Å². The van der Waals surface area contributed by atoms with Gasteiger partial charge in [-0.1, -0.05) is 33.9 Å². The molecule has 2 nitrogen and oxygen atoms in total. The second kappa shape index (κ2) is 7.86. The first-order valence-corrected chi connectivity index (χ1v) is 6.80. The third kappa shape index (κ3) is 4.38. The molecular weight excluding hydrogens is 440 g/mol. The number of alkyl halides is 2. The summed E-state index contributed by atoms with van der Waals surface area (Å²) in [4.78, 5) is 1.34. The third-order valence-electron chi connectivity index (χ3n) is 2.74. The van der Waals surface area contributed by atoms with Crippen molar-refractivity contribution in [1.29, 1.82) is 0 Å². The first-order valence-electron chi connectivity index (χ1n) is 5.63. The summed E-state index contributed by atoms with van der Waals surface area (Å²) in [5.41, 5.74) is 1.30. The minimum Gasteiger partial charge on any atom is -0.508 e. The average molecular weight is 450 g/mol. The van der Waals surface area contributed by atoms with Crippen LogP contribution in [0.4, 0.5) is 8.78 Å². The summed E-state index contributed by atoms with van der Waals surface area (Å²) in [6.07, 6.45) is 1.97. The third-order valence-corrected chi connectivity index (χ3v) is 3.73. The van der Waals surface area contributed by atoms with E-state index in [1.54, 1.807) is 12.1 Å². The quantitative estimate of drug-likeness (QED) is 0.683. The van der Waals surface area contributed by atoms with E-state index >= 15 is 0 Å². The molecule has 1 aromatic rings. The molecule has 0 unspecified atom stereocenters. The Balaban J connectivity index is 0.00000220. The second-order valence-corrected chi connectivity index (χ2v) is 5.36. The van der Waals surface area contributed by atoms with Crippen LogP contribution in [0, 0.1) is 6.08 Å². The molecule has 0 aromatic heterocycles. The van der Waals surface area contributed by atoms with Crippen LogP contribution in [0.5, 0.6) is 5.75 Å². The number of phenolic OH excluding ortho intramolecular Hbond substituents is 1. The molecule has 0 saturated heterocycles. The molecule has 1 aliphatic heterocycles. The molecule has 21 heavy (non-hydrogen) atoms. The Hall–Kier alpha value is -0.226. The van der Waals surface area contributed by atoms with Gasteiger partial charge in [0.15, 0.2) is 0 Å². The molecule has 1 aliphatic rings. The van der Waals surface area contributed by atoms with Crippen molar-refractivity contribution in [1.82, 2.24) is 4.90 Å². The molecule has 0 spiro atoms. The van der Waals surface area contributed by atoms with E-state index in [0.29, 0.717) is 21.4 Å². The van der Waals surface area contributed by atoms with E-state index < -0.39 is 13.0 Å². The number of hydrogen-bond donors (Lipinski definition) is 1. The van der Waals surface area contributed by atoms with E-state index in [-0.39, 0.29) is 43.5 Å². The van der Waals surface area contributed by atoms with Crippen molar-refractivity contribution in [3.63, 3.8) is 0 Å². The summed E-state index contributed by atoms with van der Waals surface area (Å²) < 4.78 is 26.1. The summed E-state index contributed by atoms with van der Waals surface area (Å²) in [6, 6.07) is 4.34. The van der Waals surface area contributed by atoms with Gasteiger partial charge in [0.05, 0.1) is 6.54 Å². The molecule has 0 fully saturated rings. The van der Waals surface area contributed by atoms with Gasteiger partial charge in [0.25, 0.3) is 6.43 Å². The zero-order valence-corrected chi connectivity index (χ0v) is 16.0. The SMILES string of the molecule is C=C1C(Br)=C[C-]=C(c2ccc(O)cc2Cl)N1CC(F)F.[Y]. The number of hydrogen-bond acceptors (Lipinski definition) is 2. The fourth-order valence-corrected chi connectivity index (χ4v) is 2.41. The van der Waals surface area contributed by atoms with Gasteiger partial charge in [0.2, 0.25) is 0 Å². The fraction of sp³-hybridized carbons (Fsp3) is 0.143. The van der Waals surface area contributed by atoms with E-state index in [2.05, 4.69) is 28.6 Å². The summed E-state index contributed by atoms with van der Waals surface area (Å²) in [6.45, 7) is 3.26. The van der Waals surface area contributed by atoms with Gasteiger partial charge >= 0.3 is 0 Å². The zero-order chi connectivity index (χ0) is 14.9. The Bertz CT molecular complexity index is 619.